The molecule has 0 aliphatic carbocycles. The van der Waals surface area contributed by atoms with Gasteiger partial charge in [0, 0.05) is 13.0 Å². The molecule has 2 aromatic rings. The third kappa shape index (κ3) is 8.65. The molecule has 2 aliphatic heterocycles. The number of carbonyl (C=O) groups is 4. The minimum Gasteiger partial charge on any atom is -0.462 e. The number of nitrogens with one attached hydrogen (secondary N) is 2. The van der Waals surface area contributed by atoms with Crippen LogP contribution in [0.4, 0.5) is 4.79 Å². The highest BCUT2D eigenvalue weighted by Crippen LogP contribution is 2.23. The molecule has 0 saturated carbocycles. The average Bonchev–Trinajstić information content (AvgIpc) is 3.48. The molecule has 1 fully saturated rings. The fraction of sp³-hybridized carbons (Fsp3) is 0.419. The zero-order chi connectivity index (χ0) is 29.0. The monoisotopic (exact) mass is 563 g/mol. The first-order chi connectivity index (χ1) is 19.9. The summed E-state index contributed by atoms with van der Waals surface area (Å²) >= 11 is 0. The quantitative estimate of drug-likeness (QED) is 0.348. The van der Waals surface area contributed by atoms with Crippen molar-refractivity contribution in [1.29, 1.82) is 0 Å². The minimum absolute atomic E-state index is 0.0124. The Bertz CT molecular complexity index is 1200. The van der Waals surface area contributed by atoms with Crippen LogP contribution in [0.1, 0.15) is 49.3 Å². The maximum Gasteiger partial charge on any atom is 0.408 e. The molecule has 3 amide bonds. The molecule has 41 heavy (non-hydrogen) atoms. The van der Waals surface area contributed by atoms with Gasteiger partial charge in [-0.25, -0.2) is 9.59 Å². The maximum absolute atomic E-state index is 13.4. The number of carbonyl (C=O) groups excluding carboxylic acids is 4. The fourth-order valence-corrected chi connectivity index (χ4v) is 5.04. The molecule has 10 nitrogen and oxygen atoms in total. The third-order valence-corrected chi connectivity index (χ3v) is 7.36. The Kier molecular flexibility index (Phi) is 10.9. The number of esters is 1. The lowest BCUT2D eigenvalue weighted by Crippen LogP contribution is -2.44. The maximum atomic E-state index is 13.4. The second-order valence-electron chi connectivity index (χ2n) is 10.3. The lowest BCUT2D eigenvalue weighted by Gasteiger charge is -2.27. The molecule has 0 bridgehead atoms. The molecule has 2 heterocycles. The molecule has 0 aromatic heterocycles. The summed E-state index contributed by atoms with van der Waals surface area (Å²) in [5.74, 6) is -1.82. The van der Waals surface area contributed by atoms with Gasteiger partial charge in [-0.2, -0.15) is 0 Å². The summed E-state index contributed by atoms with van der Waals surface area (Å²) in [7, 11) is 0. The molecule has 1 saturated heterocycles. The first kappa shape index (κ1) is 29.8. The number of amides is 3. The zero-order valence-electron chi connectivity index (χ0n) is 22.9. The Morgan fingerprint density at radius 3 is 2.46 bits per heavy atom. The topological polar surface area (TPSA) is 134 Å². The van der Waals surface area contributed by atoms with Crippen LogP contribution in [0.25, 0.3) is 0 Å². The first-order valence-corrected chi connectivity index (χ1v) is 14.0. The summed E-state index contributed by atoms with van der Waals surface area (Å²) in [5, 5.41) is 15.2. The van der Waals surface area contributed by atoms with E-state index in [1.54, 1.807) is 17.1 Å². The van der Waals surface area contributed by atoms with E-state index in [9.17, 15) is 24.3 Å². The van der Waals surface area contributed by atoms with E-state index in [0.717, 1.165) is 24.0 Å². The second kappa shape index (κ2) is 15.0. The van der Waals surface area contributed by atoms with Crippen LogP contribution in [0.3, 0.4) is 0 Å². The number of aliphatic hydroxyl groups is 1. The van der Waals surface area contributed by atoms with Crippen LogP contribution in [-0.2, 0) is 30.5 Å². The predicted molar refractivity (Wildman–Crippen MR) is 150 cm³/mol. The van der Waals surface area contributed by atoms with E-state index in [1.165, 1.54) is 0 Å². The van der Waals surface area contributed by atoms with Gasteiger partial charge in [-0.15, -0.1) is 0 Å². The van der Waals surface area contributed by atoms with E-state index < -0.39 is 30.1 Å². The number of allylic oxidation sites excluding steroid dienone is 1. The average molecular weight is 564 g/mol. The Balaban J connectivity index is 1.48. The Morgan fingerprint density at radius 1 is 1.02 bits per heavy atom. The second-order valence-corrected chi connectivity index (χ2v) is 10.3. The summed E-state index contributed by atoms with van der Waals surface area (Å²) in [6.45, 7) is 0.349. The fourth-order valence-electron chi connectivity index (χ4n) is 5.04. The number of likely N-dealkylation sites (tertiary alicyclic amines) is 1. The minimum atomic E-state index is -1.00. The van der Waals surface area contributed by atoms with Crippen LogP contribution in [0, 0.1) is 5.92 Å². The lowest BCUT2D eigenvalue weighted by atomic mass is 9.97. The van der Waals surface area contributed by atoms with Crippen molar-refractivity contribution < 1.29 is 33.8 Å². The summed E-state index contributed by atoms with van der Waals surface area (Å²) in [4.78, 5) is 53.7. The Labute approximate surface area is 239 Å². The number of alkyl carbamates (subject to hydrolysis) is 1. The van der Waals surface area contributed by atoms with Gasteiger partial charge < -0.3 is 30.1 Å². The lowest BCUT2D eigenvalue weighted by molar-refractivity contribution is -0.147. The summed E-state index contributed by atoms with van der Waals surface area (Å²) in [5.41, 5.74) is 1.54. The van der Waals surface area contributed by atoms with Crippen LogP contribution in [0.5, 0.6) is 0 Å². The standard InChI is InChI=1S/C31H37N3O7/c35-19-25-15-9-17-34(25)28(36)18-24-14-7-8-16-26(33-31(39)41-20-22-10-3-1-4-11-22)30(38)40-21-27(32-29(24)37)23-12-5-2-6-13-23/h1-8,10-13,24-27,35H,9,14-21H2,(H,32,37)(H,33,39)/t24-,25+,26-,27-/m1/s1. The van der Waals surface area contributed by atoms with E-state index in [4.69, 9.17) is 9.47 Å². The van der Waals surface area contributed by atoms with Crippen molar-refractivity contribution in [1.82, 2.24) is 15.5 Å². The van der Waals surface area contributed by atoms with Crippen LogP contribution in [0.15, 0.2) is 72.8 Å². The van der Waals surface area contributed by atoms with Crippen LogP contribution in [0.2, 0.25) is 0 Å². The SMILES string of the molecule is O=C(N[C@@H]1CC=CC[C@H](CC(=O)N2CCC[C@H]2CO)C(=O)N[C@@H](c2ccccc2)COC1=O)OCc1ccccc1. The van der Waals surface area contributed by atoms with E-state index in [1.807, 2.05) is 60.7 Å². The van der Waals surface area contributed by atoms with Crippen molar-refractivity contribution in [3.63, 3.8) is 0 Å². The number of hydrogen-bond donors (Lipinski definition) is 3. The Morgan fingerprint density at radius 2 is 1.73 bits per heavy atom. The number of ether oxygens (including phenoxy) is 2. The highest BCUT2D eigenvalue weighted by molar-refractivity contribution is 5.86. The number of benzene rings is 2. The highest BCUT2D eigenvalue weighted by atomic mass is 16.6. The Hall–Kier alpha value is -4.18. The van der Waals surface area contributed by atoms with Gasteiger partial charge in [-0.1, -0.05) is 72.8 Å². The molecule has 0 spiro atoms. The van der Waals surface area contributed by atoms with Gasteiger partial charge in [0.15, 0.2) is 0 Å². The predicted octanol–water partition coefficient (Wildman–Crippen LogP) is 3.02. The summed E-state index contributed by atoms with van der Waals surface area (Å²) in [6.07, 6.45) is 4.60. The van der Waals surface area contributed by atoms with Crippen LogP contribution < -0.4 is 10.6 Å². The molecule has 4 rings (SSSR count). The van der Waals surface area contributed by atoms with E-state index in [-0.39, 0.29) is 56.9 Å². The number of hydrogen-bond acceptors (Lipinski definition) is 7. The molecule has 3 N–H and O–H groups in total. The molecule has 218 valence electrons. The number of nitrogens with zero attached hydrogens (tertiary/aromatic N) is 1. The molecular weight excluding hydrogens is 526 g/mol. The highest BCUT2D eigenvalue weighted by Gasteiger charge is 2.32. The van der Waals surface area contributed by atoms with E-state index in [2.05, 4.69) is 10.6 Å². The van der Waals surface area contributed by atoms with Crippen molar-refractivity contribution >= 4 is 23.9 Å². The first-order valence-electron chi connectivity index (χ1n) is 14.0. The van der Waals surface area contributed by atoms with E-state index >= 15 is 0 Å². The molecule has 10 heteroatoms. The van der Waals surface area contributed by atoms with Crippen LogP contribution >= 0.6 is 0 Å². The van der Waals surface area contributed by atoms with Crippen molar-refractivity contribution in [2.75, 3.05) is 19.8 Å². The van der Waals surface area contributed by atoms with Gasteiger partial charge in [0.1, 0.15) is 19.3 Å². The van der Waals surface area contributed by atoms with Gasteiger partial charge in [-0.05, 0) is 36.8 Å². The molecular formula is C31H37N3O7. The van der Waals surface area contributed by atoms with Gasteiger partial charge in [0.05, 0.1) is 24.6 Å². The number of aliphatic hydroxyl groups excluding tert-OH is 1. The molecule has 0 unspecified atom stereocenters. The van der Waals surface area contributed by atoms with Crippen LogP contribution in [-0.4, -0.2) is 65.7 Å². The van der Waals surface area contributed by atoms with Gasteiger partial charge in [0.25, 0.3) is 0 Å². The van der Waals surface area contributed by atoms with Crippen molar-refractivity contribution in [2.24, 2.45) is 5.92 Å². The van der Waals surface area contributed by atoms with E-state index in [0.29, 0.717) is 6.54 Å². The number of rotatable bonds is 7. The molecule has 4 atom stereocenters. The smallest absolute Gasteiger partial charge is 0.408 e. The normalized spacial score (nSPS) is 23.5. The summed E-state index contributed by atoms with van der Waals surface area (Å²) < 4.78 is 10.9. The van der Waals surface area contributed by atoms with Crippen molar-refractivity contribution in [3.8, 4) is 0 Å². The third-order valence-electron chi connectivity index (χ3n) is 7.36. The zero-order valence-corrected chi connectivity index (χ0v) is 22.9. The molecule has 2 aliphatic rings. The van der Waals surface area contributed by atoms with Crippen molar-refractivity contribution in [3.05, 3.63) is 83.9 Å². The molecule has 2 aromatic carbocycles. The van der Waals surface area contributed by atoms with Crippen molar-refractivity contribution in [2.45, 2.75) is 56.8 Å². The number of cyclic esters (lactones) is 1. The van der Waals surface area contributed by atoms with Gasteiger partial charge in [0.2, 0.25) is 11.8 Å². The summed E-state index contributed by atoms with van der Waals surface area (Å²) in [6, 6.07) is 16.4. The molecule has 0 radical (unpaired) electrons. The largest absolute Gasteiger partial charge is 0.462 e. The van der Waals surface area contributed by atoms with Gasteiger partial charge >= 0.3 is 12.1 Å². The van der Waals surface area contributed by atoms with Gasteiger partial charge in [-0.3, -0.25) is 9.59 Å².